The molecule has 3 nitrogen and oxygen atoms in total. The minimum absolute atomic E-state index is 0.844. The van der Waals surface area contributed by atoms with Crippen LogP contribution in [0.25, 0.3) is 66.2 Å². The summed E-state index contributed by atoms with van der Waals surface area (Å²) < 4.78 is 6.15. The predicted molar refractivity (Wildman–Crippen MR) is 200 cm³/mol. The number of aromatic nitrogens is 1. The maximum Gasteiger partial charge on any atom is 0.139 e. The average molecular weight is 615 g/mol. The lowest BCUT2D eigenvalue weighted by Gasteiger charge is -2.26. The molecule has 0 atom stereocenters. The van der Waals surface area contributed by atoms with Gasteiger partial charge < -0.3 is 9.32 Å². The van der Waals surface area contributed by atoms with Crippen LogP contribution in [0.5, 0.6) is 0 Å². The number of rotatable bonds is 6. The Balaban J connectivity index is 1.13. The lowest BCUT2D eigenvalue weighted by Crippen LogP contribution is -2.09. The van der Waals surface area contributed by atoms with Gasteiger partial charge in [-0.25, -0.2) is 0 Å². The number of para-hydroxylation sites is 1. The van der Waals surface area contributed by atoms with Gasteiger partial charge in [-0.1, -0.05) is 127 Å². The molecule has 0 amide bonds. The first-order valence-corrected chi connectivity index (χ1v) is 16.2. The van der Waals surface area contributed by atoms with Crippen LogP contribution in [0.1, 0.15) is 0 Å². The molecule has 0 bridgehead atoms. The molecule has 0 aliphatic rings. The number of fused-ring (bicyclic) bond motifs is 4. The monoisotopic (exact) mass is 614 g/mol. The third-order valence-corrected chi connectivity index (χ3v) is 9.15. The van der Waals surface area contributed by atoms with Crippen LogP contribution in [-0.2, 0) is 0 Å². The van der Waals surface area contributed by atoms with Gasteiger partial charge in [0, 0.05) is 34.2 Å². The fourth-order valence-electron chi connectivity index (χ4n) is 6.81. The zero-order valence-electron chi connectivity index (χ0n) is 26.1. The molecule has 7 aromatic carbocycles. The van der Waals surface area contributed by atoms with Crippen LogP contribution in [-0.4, -0.2) is 4.98 Å². The topological polar surface area (TPSA) is 29.3 Å². The van der Waals surface area contributed by atoms with E-state index in [1.54, 1.807) is 0 Å². The van der Waals surface area contributed by atoms with Gasteiger partial charge in [0.15, 0.2) is 0 Å². The maximum absolute atomic E-state index is 6.15. The molecular weight excluding hydrogens is 585 g/mol. The Hall–Kier alpha value is -6.45. The zero-order chi connectivity index (χ0) is 31.9. The smallest absolute Gasteiger partial charge is 0.139 e. The normalized spacial score (nSPS) is 11.3. The standard InChI is InChI=1S/C45H30N2O/c1-2-9-31(10-3-1)32-17-23-36(24-18-32)47(37-25-19-34(20-26-37)40-15-8-12-33-11-4-5-13-39(33)40)38-27-21-35(22-28-38)45-44-41-14-6-7-16-42(41)48-43(44)29-30-46-45/h1-30H. The van der Waals surface area contributed by atoms with Crippen molar-refractivity contribution in [2.45, 2.75) is 0 Å². The van der Waals surface area contributed by atoms with Gasteiger partial charge in [0.2, 0.25) is 0 Å². The van der Waals surface area contributed by atoms with Crippen molar-refractivity contribution in [1.29, 1.82) is 0 Å². The molecule has 9 aromatic rings. The molecule has 226 valence electrons. The van der Waals surface area contributed by atoms with Gasteiger partial charge in [-0.2, -0.15) is 0 Å². The Bertz CT molecular complexity index is 2530. The lowest BCUT2D eigenvalue weighted by atomic mass is 9.98. The van der Waals surface area contributed by atoms with Crippen molar-refractivity contribution < 1.29 is 4.42 Å². The first-order chi connectivity index (χ1) is 23.8. The van der Waals surface area contributed by atoms with Gasteiger partial charge in [0.05, 0.1) is 11.1 Å². The summed E-state index contributed by atoms with van der Waals surface area (Å²) >= 11 is 0. The molecule has 9 rings (SSSR count). The van der Waals surface area contributed by atoms with E-state index in [4.69, 9.17) is 9.40 Å². The van der Waals surface area contributed by atoms with Crippen LogP contribution in [0, 0.1) is 0 Å². The molecule has 0 saturated heterocycles. The number of nitrogens with zero attached hydrogens (tertiary/aromatic N) is 2. The van der Waals surface area contributed by atoms with Crippen LogP contribution in [0.15, 0.2) is 187 Å². The first-order valence-electron chi connectivity index (χ1n) is 16.2. The largest absolute Gasteiger partial charge is 0.456 e. The number of anilines is 3. The molecule has 0 aliphatic carbocycles. The number of hydrogen-bond acceptors (Lipinski definition) is 3. The summed E-state index contributed by atoms with van der Waals surface area (Å²) in [7, 11) is 0. The zero-order valence-corrected chi connectivity index (χ0v) is 26.1. The molecular formula is C45H30N2O. The Labute approximate surface area is 279 Å². The molecule has 0 radical (unpaired) electrons. The lowest BCUT2D eigenvalue weighted by molar-refractivity contribution is 0.668. The predicted octanol–water partition coefficient (Wildman–Crippen LogP) is 12.6. The van der Waals surface area contributed by atoms with Crippen LogP contribution in [0.4, 0.5) is 17.1 Å². The van der Waals surface area contributed by atoms with Gasteiger partial charge in [-0.3, -0.25) is 4.98 Å². The fraction of sp³-hybridized carbons (Fsp3) is 0. The second-order valence-electron chi connectivity index (χ2n) is 12.0. The Morgan fingerprint density at radius 2 is 0.958 bits per heavy atom. The van der Waals surface area contributed by atoms with Crippen molar-refractivity contribution >= 4 is 49.8 Å². The second kappa shape index (κ2) is 11.7. The summed E-state index contributed by atoms with van der Waals surface area (Å²) in [6, 6.07) is 62.1. The van der Waals surface area contributed by atoms with E-state index < -0.39 is 0 Å². The fourth-order valence-corrected chi connectivity index (χ4v) is 6.81. The maximum atomic E-state index is 6.15. The molecule has 0 fully saturated rings. The Kier molecular flexibility index (Phi) is 6.80. The van der Waals surface area contributed by atoms with Gasteiger partial charge in [-0.15, -0.1) is 0 Å². The van der Waals surface area contributed by atoms with E-state index in [1.165, 1.54) is 33.0 Å². The SMILES string of the molecule is c1ccc(-c2ccc(N(c3ccc(-c4cccc5ccccc45)cc3)c3ccc(-c4nccc5oc6ccccc6c45)cc3)cc2)cc1. The molecule has 0 aliphatic heterocycles. The van der Waals surface area contributed by atoms with E-state index in [2.05, 4.69) is 157 Å². The number of benzene rings is 7. The van der Waals surface area contributed by atoms with Crippen molar-refractivity contribution in [2.24, 2.45) is 0 Å². The van der Waals surface area contributed by atoms with Gasteiger partial charge in [-0.05, 0) is 81.6 Å². The average Bonchev–Trinajstić information content (AvgIpc) is 3.55. The number of hydrogen-bond donors (Lipinski definition) is 0. The van der Waals surface area contributed by atoms with Crippen molar-refractivity contribution in [3.05, 3.63) is 182 Å². The highest BCUT2D eigenvalue weighted by molar-refractivity contribution is 6.11. The van der Waals surface area contributed by atoms with Crippen molar-refractivity contribution in [3.63, 3.8) is 0 Å². The van der Waals surface area contributed by atoms with Crippen LogP contribution >= 0.6 is 0 Å². The van der Waals surface area contributed by atoms with Crippen molar-refractivity contribution in [1.82, 2.24) is 4.98 Å². The summed E-state index contributed by atoms with van der Waals surface area (Å²) in [5.74, 6) is 0. The highest BCUT2D eigenvalue weighted by Crippen LogP contribution is 2.40. The van der Waals surface area contributed by atoms with Gasteiger partial charge in [0.1, 0.15) is 11.2 Å². The molecule has 2 heterocycles. The quantitative estimate of drug-likeness (QED) is 0.187. The van der Waals surface area contributed by atoms with Crippen LogP contribution in [0.2, 0.25) is 0 Å². The minimum atomic E-state index is 0.844. The van der Waals surface area contributed by atoms with Crippen LogP contribution in [0.3, 0.4) is 0 Å². The molecule has 3 heteroatoms. The minimum Gasteiger partial charge on any atom is -0.456 e. The second-order valence-corrected chi connectivity index (χ2v) is 12.0. The van der Waals surface area contributed by atoms with Crippen molar-refractivity contribution in [2.75, 3.05) is 4.90 Å². The molecule has 2 aromatic heterocycles. The third kappa shape index (κ3) is 4.90. The van der Waals surface area contributed by atoms with E-state index in [-0.39, 0.29) is 0 Å². The summed E-state index contributed by atoms with van der Waals surface area (Å²) in [6.45, 7) is 0. The number of furan rings is 1. The summed E-state index contributed by atoms with van der Waals surface area (Å²) in [5.41, 5.74) is 11.7. The summed E-state index contributed by atoms with van der Waals surface area (Å²) in [4.78, 5) is 7.13. The Morgan fingerprint density at radius 1 is 0.396 bits per heavy atom. The molecule has 0 unspecified atom stereocenters. The van der Waals surface area contributed by atoms with Gasteiger partial charge >= 0.3 is 0 Å². The molecule has 0 spiro atoms. The highest BCUT2D eigenvalue weighted by atomic mass is 16.3. The highest BCUT2D eigenvalue weighted by Gasteiger charge is 2.17. The van der Waals surface area contributed by atoms with E-state index in [0.29, 0.717) is 0 Å². The van der Waals surface area contributed by atoms with E-state index in [0.717, 1.165) is 50.3 Å². The first kappa shape index (κ1) is 27.8. The number of pyridine rings is 1. The molecule has 48 heavy (non-hydrogen) atoms. The van der Waals surface area contributed by atoms with Gasteiger partial charge in [0.25, 0.3) is 0 Å². The molecule has 0 N–H and O–H groups in total. The third-order valence-electron chi connectivity index (χ3n) is 9.15. The van der Waals surface area contributed by atoms with Crippen molar-refractivity contribution in [3.8, 4) is 33.5 Å². The van der Waals surface area contributed by atoms with Crippen LogP contribution < -0.4 is 4.90 Å². The summed E-state index contributed by atoms with van der Waals surface area (Å²) in [5, 5.41) is 4.61. The van der Waals surface area contributed by atoms with E-state index in [9.17, 15) is 0 Å². The Morgan fingerprint density at radius 3 is 1.69 bits per heavy atom. The van der Waals surface area contributed by atoms with E-state index >= 15 is 0 Å². The molecule has 0 saturated carbocycles. The van der Waals surface area contributed by atoms with E-state index in [1.807, 2.05) is 30.5 Å². The summed E-state index contributed by atoms with van der Waals surface area (Å²) in [6.07, 6.45) is 1.83.